The number of halogens is 1. The molecule has 1 fully saturated rings. The van der Waals surface area contributed by atoms with Crippen LogP contribution in [0.25, 0.3) is 11.5 Å². The van der Waals surface area contributed by atoms with Crippen molar-refractivity contribution in [2.24, 2.45) is 0 Å². The Labute approximate surface area is 129 Å². The van der Waals surface area contributed by atoms with Crippen LogP contribution >= 0.6 is 0 Å². The van der Waals surface area contributed by atoms with Crippen molar-refractivity contribution in [1.82, 2.24) is 15.1 Å². The molecule has 1 aliphatic rings. The first-order chi connectivity index (χ1) is 10.5. The molecule has 5 nitrogen and oxygen atoms in total. The number of aryl methyl sites for hydroxylation is 1. The molecule has 0 atom stereocenters. The fraction of sp³-hybridized carbons (Fsp3) is 0.500. The maximum absolute atomic E-state index is 14.0. The zero-order valence-electron chi connectivity index (χ0n) is 13.2. The van der Waals surface area contributed by atoms with Gasteiger partial charge in [-0.1, -0.05) is 11.2 Å². The summed E-state index contributed by atoms with van der Waals surface area (Å²) in [6.07, 6.45) is 0. The molecular formula is C16H21FN4O. The average molecular weight is 304 g/mol. The fourth-order valence-corrected chi connectivity index (χ4v) is 2.68. The Morgan fingerprint density at radius 3 is 2.50 bits per heavy atom. The standard InChI is InChI=1S/C16H21FN4O/c1-11(2)20-6-8-21(9-7-20)16-19-18-15(22-16)13-5-4-12(3)10-14(13)17/h4-5,10-11H,6-9H2,1-3H3. The van der Waals surface area contributed by atoms with Gasteiger partial charge in [0.2, 0.25) is 0 Å². The molecule has 1 aromatic heterocycles. The summed E-state index contributed by atoms with van der Waals surface area (Å²) in [5, 5.41) is 8.07. The second-order valence-electron chi connectivity index (χ2n) is 5.99. The zero-order valence-corrected chi connectivity index (χ0v) is 13.2. The summed E-state index contributed by atoms with van der Waals surface area (Å²) in [6, 6.07) is 6.00. The minimum absolute atomic E-state index is 0.235. The first-order valence-corrected chi connectivity index (χ1v) is 7.63. The van der Waals surface area contributed by atoms with E-state index >= 15 is 0 Å². The maximum Gasteiger partial charge on any atom is 0.318 e. The van der Waals surface area contributed by atoms with E-state index in [-0.39, 0.29) is 11.7 Å². The van der Waals surface area contributed by atoms with Crippen molar-refractivity contribution in [3.8, 4) is 11.5 Å². The quantitative estimate of drug-likeness (QED) is 0.872. The molecule has 1 aliphatic heterocycles. The molecule has 1 saturated heterocycles. The van der Waals surface area contributed by atoms with Crippen LogP contribution < -0.4 is 4.90 Å². The first-order valence-electron chi connectivity index (χ1n) is 7.63. The molecule has 2 aromatic rings. The highest BCUT2D eigenvalue weighted by atomic mass is 19.1. The molecule has 0 radical (unpaired) electrons. The van der Waals surface area contributed by atoms with E-state index < -0.39 is 0 Å². The third kappa shape index (κ3) is 2.97. The largest absolute Gasteiger partial charge is 0.403 e. The van der Waals surface area contributed by atoms with E-state index in [1.807, 2.05) is 13.0 Å². The number of hydrogen-bond acceptors (Lipinski definition) is 5. The van der Waals surface area contributed by atoms with Crippen molar-refractivity contribution in [3.63, 3.8) is 0 Å². The number of benzene rings is 1. The van der Waals surface area contributed by atoms with Crippen molar-refractivity contribution in [2.45, 2.75) is 26.8 Å². The van der Waals surface area contributed by atoms with Gasteiger partial charge in [0, 0.05) is 32.2 Å². The van der Waals surface area contributed by atoms with Gasteiger partial charge >= 0.3 is 6.01 Å². The third-order valence-electron chi connectivity index (χ3n) is 4.08. The Bertz CT molecular complexity index is 647. The maximum atomic E-state index is 14.0. The summed E-state index contributed by atoms with van der Waals surface area (Å²) in [5.41, 5.74) is 1.22. The molecule has 0 saturated carbocycles. The summed E-state index contributed by atoms with van der Waals surface area (Å²) in [4.78, 5) is 4.47. The van der Waals surface area contributed by atoms with Gasteiger partial charge in [0.15, 0.2) is 0 Å². The smallest absolute Gasteiger partial charge is 0.318 e. The summed E-state index contributed by atoms with van der Waals surface area (Å²) in [6.45, 7) is 9.86. The molecular weight excluding hydrogens is 283 g/mol. The van der Waals surface area contributed by atoms with Gasteiger partial charge in [-0.25, -0.2) is 4.39 Å². The topological polar surface area (TPSA) is 45.4 Å². The zero-order chi connectivity index (χ0) is 15.7. The van der Waals surface area contributed by atoms with Crippen LogP contribution in [-0.2, 0) is 0 Å². The number of nitrogens with zero attached hydrogens (tertiary/aromatic N) is 4. The van der Waals surface area contributed by atoms with E-state index in [2.05, 4.69) is 33.8 Å². The van der Waals surface area contributed by atoms with Crippen molar-refractivity contribution >= 4 is 6.01 Å². The van der Waals surface area contributed by atoms with Crippen molar-refractivity contribution in [3.05, 3.63) is 29.6 Å². The van der Waals surface area contributed by atoms with Gasteiger partial charge in [0.1, 0.15) is 5.82 Å². The normalized spacial score (nSPS) is 16.5. The predicted molar refractivity (Wildman–Crippen MR) is 83.4 cm³/mol. The molecule has 118 valence electrons. The monoisotopic (exact) mass is 304 g/mol. The Morgan fingerprint density at radius 1 is 1.14 bits per heavy atom. The second-order valence-corrected chi connectivity index (χ2v) is 5.99. The number of piperazine rings is 1. The van der Waals surface area contributed by atoms with Gasteiger partial charge in [-0.15, -0.1) is 5.10 Å². The first kappa shape index (κ1) is 15.0. The van der Waals surface area contributed by atoms with Gasteiger partial charge in [-0.05, 0) is 38.5 Å². The highest BCUT2D eigenvalue weighted by Gasteiger charge is 2.23. The van der Waals surface area contributed by atoms with E-state index in [1.54, 1.807) is 6.07 Å². The lowest BCUT2D eigenvalue weighted by molar-refractivity contribution is 0.206. The lowest BCUT2D eigenvalue weighted by Crippen LogP contribution is -2.49. The molecule has 0 amide bonds. The third-order valence-corrected chi connectivity index (χ3v) is 4.08. The molecule has 2 heterocycles. The molecule has 0 spiro atoms. The van der Waals surface area contributed by atoms with Crippen LogP contribution in [0.15, 0.2) is 22.6 Å². The van der Waals surface area contributed by atoms with Crippen molar-refractivity contribution in [2.75, 3.05) is 31.1 Å². The van der Waals surface area contributed by atoms with E-state index in [0.717, 1.165) is 31.7 Å². The average Bonchev–Trinajstić information content (AvgIpc) is 2.97. The van der Waals surface area contributed by atoms with E-state index in [1.165, 1.54) is 6.07 Å². The molecule has 0 bridgehead atoms. The van der Waals surface area contributed by atoms with Gasteiger partial charge in [-0.2, -0.15) is 0 Å². The van der Waals surface area contributed by atoms with Crippen molar-refractivity contribution < 1.29 is 8.81 Å². The Balaban J connectivity index is 1.74. The lowest BCUT2D eigenvalue weighted by atomic mass is 10.1. The van der Waals surface area contributed by atoms with Crippen LogP contribution in [0.2, 0.25) is 0 Å². The number of hydrogen-bond donors (Lipinski definition) is 0. The summed E-state index contributed by atoms with van der Waals surface area (Å²) >= 11 is 0. The van der Waals surface area contributed by atoms with Crippen LogP contribution in [0.4, 0.5) is 10.4 Å². The lowest BCUT2D eigenvalue weighted by Gasteiger charge is -2.35. The van der Waals surface area contributed by atoms with Crippen LogP contribution in [0, 0.1) is 12.7 Å². The molecule has 0 unspecified atom stereocenters. The van der Waals surface area contributed by atoms with Gasteiger partial charge in [0.05, 0.1) is 5.56 Å². The Hall–Kier alpha value is -1.95. The van der Waals surface area contributed by atoms with E-state index in [0.29, 0.717) is 17.6 Å². The molecule has 0 aliphatic carbocycles. The molecule has 0 N–H and O–H groups in total. The van der Waals surface area contributed by atoms with Gasteiger partial charge in [-0.3, -0.25) is 4.90 Å². The molecule has 22 heavy (non-hydrogen) atoms. The van der Waals surface area contributed by atoms with Crippen LogP contribution in [0.3, 0.4) is 0 Å². The van der Waals surface area contributed by atoms with E-state index in [9.17, 15) is 4.39 Å². The molecule has 1 aromatic carbocycles. The predicted octanol–water partition coefficient (Wildman–Crippen LogP) is 2.71. The fourth-order valence-electron chi connectivity index (χ4n) is 2.68. The number of aromatic nitrogens is 2. The Morgan fingerprint density at radius 2 is 1.86 bits per heavy atom. The minimum atomic E-state index is -0.333. The second kappa shape index (κ2) is 6.04. The van der Waals surface area contributed by atoms with Crippen LogP contribution in [-0.4, -0.2) is 47.3 Å². The molecule has 3 rings (SSSR count). The number of rotatable bonds is 3. The number of anilines is 1. The van der Waals surface area contributed by atoms with Crippen LogP contribution in [0.5, 0.6) is 0 Å². The van der Waals surface area contributed by atoms with Gasteiger partial charge in [0.25, 0.3) is 5.89 Å². The van der Waals surface area contributed by atoms with Crippen LogP contribution in [0.1, 0.15) is 19.4 Å². The molecule has 6 heteroatoms. The van der Waals surface area contributed by atoms with E-state index in [4.69, 9.17) is 4.42 Å². The highest BCUT2D eigenvalue weighted by molar-refractivity contribution is 5.55. The van der Waals surface area contributed by atoms with Gasteiger partial charge < -0.3 is 9.32 Å². The van der Waals surface area contributed by atoms with Crippen molar-refractivity contribution in [1.29, 1.82) is 0 Å². The highest BCUT2D eigenvalue weighted by Crippen LogP contribution is 2.25. The Kier molecular flexibility index (Phi) is 4.11. The summed E-state index contributed by atoms with van der Waals surface area (Å²) < 4.78 is 19.7. The summed E-state index contributed by atoms with van der Waals surface area (Å²) in [7, 11) is 0. The summed E-state index contributed by atoms with van der Waals surface area (Å²) in [5.74, 6) is -0.0985. The SMILES string of the molecule is Cc1ccc(-c2nnc(N3CCN(C(C)C)CC3)o2)c(F)c1. The minimum Gasteiger partial charge on any atom is -0.403 e.